The van der Waals surface area contributed by atoms with E-state index in [9.17, 15) is 13.2 Å². The van der Waals surface area contributed by atoms with Gasteiger partial charge in [-0.15, -0.1) is 0 Å². The zero-order valence-electron chi connectivity index (χ0n) is 7.32. The van der Waals surface area contributed by atoms with Crippen LogP contribution in [0.15, 0.2) is 0 Å². The number of carbonyl (C=O) groups is 1. The largest absolute Gasteiger partial charge is 0.355 e. The number of hydrogen-bond donors (Lipinski definition) is 3. The monoisotopic (exact) mass is 209 g/mol. The summed E-state index contributed by atoms with van der Waals surface area (Å²) >= 11 is 0. The normalized spacial score (nSPS) is 11.2. The number of amides is 1. The maximum absolute atomic E-state index is 10.9. The number of rotatable bonds is 6. The van der Waals surface area contributed by atoms with Crippen LogP contribution in [0.25, 0.3) is 0 Å². The number of nitrogens with two attached hydrogens (primary N) is 2. The van der Waals surface area contributed by atoms with Crippen LogP contribution in [0.1, 0.15) is 12.8 Å². The highest BCUT2D eigenvalue weighted by molar-refractivity contribution is 7.89. The molecule has 1 amide bonds. The van der Waals surface area contributed by atoms with E-state index in [0.29, 0.717) is 19.4 Å². The van der Waals surface area contributed by atoms with Crippen LogP contribution in [0.4, 0.5) is 0 Å². The van der Waals surface area contributed by atoms with Gasteiger partial charge in [-0.1, -0.05) is 0 Å². The molecule has 0 radical (unpaired) electrons. The van der Waals surface area contributed by atoms with Crippen molar-refractivity contribution in [2.45, 2.75) is 12.8 Å². The van der Waals surface area contributed by atoms with Crippen molar-refractivity contribution in [1.82, 2.24) is 5.32 Å². The topological polar surface area (TPSA) is 115 Å². The quantitative estimate of drug-likeness (QED) is 0.475. The minimum atomic E-state index is -3.48. The van der Waals surface area contributed by atoms with Gasteiger partial charge in [0.1, 0.15) is 0 Å². The van der Waals surface area contributed by atoms with Gasteiger partial charge >= 0.3 is 0 Å². The molecule has 0 aliphatic carbocycles. The molecular formula is C6H15N3O3S. The molecule has 6 nitrogen and oxygen atoms in total. The fourth-order valence-corrected chi connectivity index (χ4v) is 1.07. The second-order valence-electron chi connectivity index (χ2n) is 2.61. The number of hydrogen-bond acceptors (Lipinski definition) is 4. The molecule has 0 bridgehead atoms. The van der Waals surface area contributed by atoms with E-state index in [1.54, 1.807) is 0 Å². The Balaban J connectivity index is 3.49. The number of sulfonamides is 1. The van der Waals surface area contributed by atoms with E-state index in [1.807, 2.05) is 0 Å². The summed E-state index contributed by atoms with van der Waals surface area (Å²) in [4.78, 5) is 10.9. The summed E-state index contributed by atoms with van der Waals surface area (Å²) in [5, 5.41) is 7.14. The van der Waals surface area contributed by atoms with Crippen LogP contribution in [0.5, 0.6) is 0 Å². The van der Waals surface area contributed by atoms with Gasteiger partial charge in [0, 0.05) is 13.0 Å². The van der Waals surface area contributed by atoms with E-state index in [0.717, 1.165) is 0 Å². The molecule has 0 aromatic heterocycles. The molecule has 0 aliphatic heterocycles. The summed E-state index contributed by atoms with van der Waals surface area (Å²) in [6, 6.07) is 0. The summed E-state index contributed by atoms with van der Waals surface area (Å²) in [6.07, 6.45) is 0.919. The van der Waals surface area contributed by atoms with E-state index in [-0.39, 0.29) is 18.2 Å². The first kappa shape index (κ1) is 12.3. The second-order valence-corrected chi connectivity index (χ2v) is 4.34. The molecule has 0 aliphatic rings. The third-order valence-corrected chi connectivity index (χ3v) is 2.09. The summed E-state index contributed by atoms with van der Waals surface area (Å²) in [7, 11) is -3.48. The number of primary sulfonamides is 1. The minimum absolute atomic E-state index is 0.0578. The summed E-state index contributed by atoms with van der Waals surface area (Å²) in [5.74, 6) is -0.435. The Morgan fingerprint density at radius 2 is 2.00 bits per heavy atom. The number of nitrogens with one attached hydrogen (secondary N) is 1. The Labute approximate surface area is 77.7 Å². The molecule has 13 heavy (non-hydrogen) atoms. The van der Waals surface area contributed by atoms with E-state index in [1.165, 1.54) is 0 Å². The van der Waals surface area contributed by atoms with Crippen LogP contribution in [-0.4, -0.2) is 33.2 Å². The summed E-state index contributed by atoms with van der Waals surface area (Å²) in [6.45, 7) is 0.505. The Morgan fingerprint density at radius 1 is 1.38 bits per heavy atom. The van der Waals surface area contributed by atoms with Crippen molar-refractivity contribution in [2.75, 3.05) is 18.8 Å². The average molecular weight is 209 g/mol. The lowest BCUT2D eigenvalue weighted by Crippen LogP contribution is -2.31. The first-order chi connectivity index (χ1) is 5.95. The van der Waals surface area contributed by atoms with Crippen LogP contribution < -0.4 is 16.2 Å². The molecule has 0 atom stereocenters. The van der Waals surface area contributed by atoms with Gasteiger partial charge < -0.3 is 11.1 Å². The molecule has 5 N–H and O–H groups in total. The lowest BCUT2D eigenvalue weighted by atomic mass is 10.3. The molecule has 0 rings (SSSR count). The first-order valence-electron chi connectivity index (χ1n) is 3.93. The zero-order chi connectivity index (χ0) is 10.3. The van der Waals surface area contributed by atoms with E-state index < -0.39 is 10.0 Å². The molecule has 7 heteroatoms. The fourth-order valence-electron chi connectivity index (χ4n) is 0.684. The molecular weight excluding hydrogens is 194 g/mol. The standard InChI is InChI=1S/C6H15N3O3S/c7-3-1-2-6(10)9-4-5-13(8,11)12/h1-5,7H2,(H,9,10)(H2,8,11,12). The molecule has 0 heterocycles. The Kier molecular flexibility index (Phi) is 5.60. The van der Waals surface area contributed by atoms with Gasteiger partial charge in [0.15, 0.2) is 0 Å². The van der Waals surface area contributed by atoms with Gasteiger partial charge in [-0.3, -0.25) is 4.79 Å². The van der Waals surface area contributed by atoms with Crippen LogP contribution in [0.3, 0.4) is 0 Å². The molecule has 0 aromatic carbocycles. The highest BCUT2D eigenvalue weighted by atomic mass is 32.2. The Morgan fingerprint density at radius 3 is 2.46 bits per heavy atom. The lowest BCUT2D eigenvalue weighted by molar-refractivity contribution is -0.121. The van der Waals surface area contributed by atoms with E-state index in [2.05, 4.69) is 5.32 Å². The van der Waals surface area contributed by atoms with E-state index in [4.69, 9.17) is 10.9 Å². The van der Waals surface area contributed by atoms with Crippen molar-refractivity contribution in [3.63, 3.8) is 0 Å². The van der Waals surface area contributed by atoms with Crippen molar-refractivity contribution in [3.05, 3.63) is 0 Å². The van der Waals surface area contributed by atoms with Crippen LogP contribution in [0, 0.1) is 0 Å². The van der Waals surface area contributed by atoms with Gasteiger partial charge in [-0.2, -0.15) is 0 Å². The number of carbonyl (C=O) groups excluding carboxylic acids is 1. The molecule has 0 saturated carbocycles. The molecule has 0 saturated heterocycles. The van der Waals surface area contributed by atoms with Crippen molar-refractivity contribution in [2.24, 2.45) is 10.9 Å². The average Bonchev–Trinajstić information content (AvgIpc) is 1.98. The van der Waals surface area contributed by atoms with Crippen LogP contribution >= 0.6 is 0 Å². The van der Waals surface area contributed by atoms with Crippen molar-refractivity contribution in [1.29, 1.82) is 0 Å². The maximum Gasteiger partial charge on any atom is 0.220 e. The SMILES string of the molecule is NCCCC(=O)NCCS(N)(=O)=O. The molecule has 0 fully saturated rings. The molecule has 0 unspecified atom stereocenters. The van der Waals surface area contributed by atoms with Gasteiger partial charge in [0.2, 0.25) is 15.9 Å². The fraction of sp³-hybridized carbons (Fsp3) is 0.833. The van der Waals surface area contributed by atoms with Crippen molar-refractivity contribution >= 4 is 15.9 Å². The van der Waals surface area contributed by atoms with Crippen molar-refractivity contribution in [3.8, 4) is 0 Å². The minimum Gasteiger partial charge on any atom is -0.355 e. The van der Waals surface area contributed by atoms with Crippen LogP contribution in [-0.2, 0) is 14.8 Å². The molecule has 78 valence electrons. The highest BCUT2D eigenvalue weighted by Crippen LogP contribution is 1.85. The predicted octanol–water partition coefficient (Wildman–Crippen LogP) is -1.87. The highest BCUT2D eigenvalue weighted by Gasteiger charge is 2.04. The van der Waals surface area contributed by atoms with Crippen LogP contribution in [0.2, 0.25) is 0 Å². The van der Waals surface area contributed by atoms with Gasteiger partial charge in [-0.05, 0) is 13.0 Å². The second kappa shape index (κ2) is 5.90. The maximum atomic E-state index is 10.9. The molecule has 0 spiro atoms. The van der Waals surface area contributed by atoms with E-state index >= 15 is 0 Å². The predicted molar refractivity (Wildman–Crippen MR) is 49.3 cm³/mol. The summed E-state index contributed by atoms with van der Waals surface area (Å²) < 4.78 is 20.9. The smallest absolute Gasteiger partial charge is 0.220 e. The van der Waals surface area contributed by atoms with Crippen molar-refractivity contribution < 1.29 is 13.2 Å². The van der Waals surface area contributed by atoms with Gasteiger partial charge in [0.25, 0.3) is 0 Å². The van der Waals surface area contributed by atoms with Gasteiger partial charge in [-0.25, -0.2) is 13.6 Å². The Hall–Kier alpha value is -0.660. The molecule has 0 aromatic rings. The third kappa shape index (κ3) is 9.25. The third-order valence-electron chi connectivity index (χ3n) is 1.32. The Bertz CT molecular complexity index is 250. The van der Waals surface area contributed by atoms with Gasteiger partial charge in [0.05, 0.1) is 5.75 Å². The lowest BCUT2D eigenvalue weighted by Gasteiger charge is -2.02. The first-order valence-corrected chi connectivity index (χ1v) is 5.64. The summed E-state index contributed by atoms with van der Waals surface area (Å²) in [5.41, 5.74) is 5.18. The zero-order valence-corrected chi connectivity index (χ0v) is 8.14.